The van der Waals surface area contributed by atoms with Gasteiger partial charge in [0.2, 0.25) is 0 Å². The molecule has 0 aliphatic carbocycles. The lowest BCUT2D eigenvalue weighted by atomic mass is 10.1. The van der Waals surface area contributed by atoms with Gasteiger partial charge in [-0.05, 0) is 55.0 Å². The van der Waals surface area contributed by atoms with Crippen molar-refractivity contribution in [3.63, 3.8) is 0 Å². The molecule has 21 heavy (non-hydrogen) atoms. The van der Waals surface area contributed by atoms with Crippen LogP contribution in [0.1, 0.15) is 26.3 Å². The van der Waals surface area contributed by atoms with Gasteiger partial charge in [0.15, 0.2) is 0 Å². The average Bonchev–Trinajstić information content (AvgIpc) is 2.49. The molecule has 0 aliphatic heterocycles. The first-order valence-electron chi connectivity index (χ1n) is 6.37. The van der Waals surface area contributed by atoms with Gasteiger partial charge in [0.05, 0.1) is 12.7 Å². The van der Waals surface area contributed by atoms with E-state index in [0.717, 1.165) is 5.56 Å². The lowest BCUT2D eigenvalue weighted by molar-refractivity contribution is 0.0600. The van der Waals surface area contributed by atoms with Crippen LogP contribution in [0.15, 0.2) is 42.5 Å². The number of rotatable bonds is 3. The van der Waals surface area contributed by atoms with Crippen LogP contribution in [0.4, 0.5) is 11.4 Å². The summed E-state index contributed by atoms with van der Waals surface area (Å²) in [5.74, 6) is -0.685. The first-order valence-corrected chi connectivity index (χ1v) is 6.37. The Hall–Kier alpha value is -2.82. The Labute approximate surface area is 122 Å². The topological polar surface area (TPSA) is 81.4 Å². The third kappa shape index (κ3) is 3.39. The number of methoxy groups -OCH3 is 1. The summed E-state index contributed by atoms with van der Waals surface area (Å²) in [7, 11) is 1.31. The van der Waals surface area contributed by atoms with E-state index in [1.54, 1.807) is 42.5 Å². The molecule has 3 N–H and O–H groups in total. The molecule has 0 spiro atoms. The number of amides is 1. The molecule has 2 aromatic carbocycles. The van der Waals surface area contributed by atoms with Gasteiger partial charge < -0.3 is 15.8 Å². The number of nitrogens with two attached hydrogens (primary N) is 1. The summed E-state index contributed by atoms with van der Waals surface area (Å²) in [4.78, 5) is 23.5. The van der Waals surface area contributed by atoms with Crippen molar-refractivity contribution in [2.75, 3.05) is 18.2 Å². The number of nitrogen functional groups attached to an aromatic ring is 1. The third-order valence-electron chi connectivity index (χ3n) is 3.07. The van der Waals surface area contributed by atoms with E-state index in [0.29, 0.717) is 22.5 Å². The molecular formula is C16H16N2O3. The van der Waals surface area contributed by atoms with Crippen molar-refractivity contribution in [1.29, 1.82) is 0 Å². The number of hydrogen-bond donors (Lipinski definition) is 2. The number of anilines is 2. The first-order chi connectivity index (χ1) is 10.0. The van der Waals surface area contributed by atoms with E-state index < -0.39 is 5.97 Å². The standard InChI is InChI=1S/C16H16N2O3/c1-10-9-13(17)7-8-14(10)18-15(19)11-3-5-12(6-4-11)16(20)21-2/h3-9H,17H2,1-2H3,(H,18,19). The molecule has 2 rings (SSSR count). The van der Waals surface area contributed by atoms with Crippen molar-refractivity contribution in [3.05, 3.63) is 59.2 Å². The lowest BCUT2D eigenvalue weighted by Crippen LogP contribution is -2.13. The maximum Gasteiger partial charge on any atom is 0.337 e. The normalized spacial score (nSPS) is 10.0. The number of benzene rings is 2. The average molecular weight is 284 g/mol. The fourth-order valence-corrected chi connectivity index (χ4v) is 1.90. The molecule has 5 heteroatoms. The van der Waals surface area contributed by atoms with Crippen molar-refractivity contribution in [1.82, 2.24) is 0 Å². The molecule has 108 valence electrons. The molecule has 0 saturated carbocycles. The zero-order valence-electron chi connectivity index (χ0n) is 11.8. The van der Waals surface area contributed by atoms with E-state index in [1.807, 2.05) is 6.92 Å². The Balaban J connectivity index is 2.15. The van der Waals surface area contributed by atoms with Gasteiger partial charge >= 0.3 is 5.97 Å². The molecule has 0 bridgehead atoms. The predicted molar refractivity (Wildman–Crippen MR) is 81.3 cm³/mol. The Bertz CT molecular complexity index is 678. The summed E-state index contributed by atoms with van der Waals surface area (Å²) in [6, 6.07) is 11.5. The van der Waals surface area contributed by atoms with Gasteiger partial charge in [-0.3, -0.25) is 4.79 Å². The van der Waals surface area contributed by atoms with E-state index in [4.69, 9.17) is 5.73 Å². The second kappa shape index (κ2) is 6.09. The highest BCUT2D eigenvalue weighted by molar-refractivity contribution is 6.05. The molecule has 5 nitrogen and oxygen atoms in total. The van der Waals surface area contributed by atoms with Gasteiger partial charge in [-0.1, -0.05) is 0 Å². The van der Waals surface area contributed by atoms with Crippen molar-refractivity contribution in [2.24, 2.45) is 0 Å². The molecule has 2 aromatic rings. The smallest absolute Gasteiger partial charge is 0.337 e. The van der Waals surface area contributed by atoms with Gasteiger partial charge in [-0.2, -0.15) is 0 Å². The molecule has 0 heterocycles. The van der Waals surface area contributed by atoms with Gasteiger partial charge in [-0.15, -0.1) is 0 Å². The summed E-state index contributed by atoms with van der Waals surface area (Å²) >= 11 is 0. The zero-order valence-corrected chi connectivity index (χ0v) is 11.8. The van der Waals surface area contributed by atoms with Gasteiger partial charge in [-0.25, -0.2) is 4.79 Å². The fourth-order valence-electron chi connectivity index (χ4n) is 1.90. The Kier molecular flexibility index (Phi) is 4.23. The van der Waals surface area contributed by atoms with Crippen molar-refractivity contribution < 1.29 is 14.3 Å². The number of aryl methyl sites for hydroxylation is 1. The molecule has 0 fully saturated rings. The molecular weight excluding hydrogens is 268 g/mol. The summed E-state index contributed by atoms with van der Waals surface area (Å²) in [5.41, 5.74) is 8.76. The minimum absolute atomic E-state index is 0.251. The Morgan fingerprint density at radius 1 is 1.05 bits per heavy atom. The van der Waals surface area contributed by atoms with E-state index in [9.17, 15) is 9.59 Å². The summed E-state index contributed by atoms with van der Waals surface area (Å²) in [6.07, 6.45) is 0. The highest BCUT2D eigenvalue weighted by Gasteiger charge is 2.10. The van der Waals surface area contributed by atoms with Crippen LogP contribution in [-0.4, -0.2) is 19.0 Å². The first kappa shape index (κ1) is 14.6. The Morgan fingerprint density at radius 2 is 1.67 bits per heavy atom. The van der Waals surface area contributed by atoms with Crippen LogP contribution < -0.4 is 11.1 Å². The van der Waals surface area contributed by atoms with Gasteiger partial charge in [0, 0.05) is 16.9 Å². The molecule has 0 aromatic heterocycles. The summed E-state index contributed by atoms with van der Waals surface area (Å²) < 4.78 is 4.61. The summed E-state index contributed by atoms with van der Waals surface area (Å²) in [5, 5.41) is 2.81. The highest BCUT2D eigenvalue weighted by Crippen LogP contribution is 2.18. The number of ether oxygens (including phenoxy) is 1. The van der Waals surface area contributed by atoms with Crippen molar-refractivity contribution in [2.45, 2.75) is 6.92 Å². The molecule has 0 saturated heterocycles. The van der Waals surface area contributed by atoms with E-state index in [1.165, 1.54) is 7.11 Å². The van der Waals surface area contributed by atoms with Crippen LogP contribution in [0, 0.1) is 6.92 Å². The molecule has 0 atom stereocenters. The quantitative estimate of drug-likeness (QED) is 0.670. The minimum Gasteiger partial charge on any atom is -0.465 e. The van der Waals surface area contributed by atoms with Gasteiger partial charge in [0.1, 0.15) is 0 Å². The van der Waals surface area contributed by atoms with Crippen molar-refractivity contribution in [3.8, 4) is 0 Å². The van der Waals surface area contributed by atoms with Crippen molar-refractivity contribution >= 4 is 23.3 Å². The minimum atomic E-state index is -0.434. The molecule has 0 radical (unpaired) electrons. The predicted octanol–water partition coefficient (Wildman–Crippen LogP) is 2.62. The lowest BCUT2D eigenvalue weighted by Gasteiger charge is -2.09. The van der Waals surface area contributed by atoms with Crippen LogP contribution in [0.3, 0.4) is 0 Å². The Morgan fingerprint density at radius 3 is 2.24 bits per heavy atom. The number of hydrogen-bond acceptors (Lipinski definition) is 4. The third-order valence-corrected chi connectivity index (χ3v) is 3.07. The van der Waals surface area contributed by atoms with Crippen LogP contribution >= 0.6 is 0 Å². The van der Waals surface area contributed by atoms with E-state index in [2.05, 4.69) is 10.1 Å². The monoisotopic (exact) mass is 284 g/mol. The fraction of sp³-hybridized carbons (Fsp3) is 0.125. The second-order valence-electron chi connectivity index (χ2n) is 4.60. The largest absolute Gasteiger partial charge is 0.465 e. The second-order valence-corrected chi connectivity index (χ2v) is 4.60. The highest BCUT2D eigenvalue weighted by atomic mass is 16.5. The number of carbonyl (C=O) groups excluding carboxylic acids is 2. The SMILES string of the molecule is COC(=O)c1ccc(C(=O)Nc2ccc(N)cc2C)cc1. The number of esters is 1. The maximum absolute atomic E-state index is 12.1. The number of nitrogens with one attached hydrogen (secondary N) is 1. The van der Waals surface area contributed by atoms with Crippen LogP contribution in [0.2, 0.25) is 0 Å². The molecule has 0 aliphatic rings. The summed E-state index contributed by atoms with van der Waals surface area (Å²) in [6.45, 7) is 1.87. The zero-order chi connectivity index (χ0) is 15.4. The van der Waals surface area contributed by atoms with E-state index >= 15 is 0 Å². The van der Waals surface area contributed by atoms with Crippen LogP contribution in [0.25, 0.3) is 0 Å². The van der Waals surface area contributed by atoms with Crippen LogP contribution in [0.5, 0.6) is 0 Å². The van der Waals surface area contributed by atoms with Gasteiger partial charge in [0.25, 0.3) is 5.91 Å². The molecule has 0 unspecified atom stereocenters. The number of carbonyl (C=O) groups is 2. The van der Waals surface area contributed by atoms with E-state index in [-0.39, 0.29) is 5.91 Å². The maximum atomic E-state index is 12.1. The van der Waals surface area contributed by atoms with Crippen LogP contribution in [-0.2, 0) is 4.74 Å². The molecule has 1 amide bonds.